The van der Waals surface area contributed by atoms with E-state index in [1.165, 1.54) is 103 Å². The van der Waals surface area contributed by atoms with Crippen LogP contribution in [-0.4, -0.2) is 5.88 Å². The maximum absolute atomic E-state index is 5.66. The summed E-state index contributed by atoms with van der Waals surface area (Å²) in [7, 11) is 0. The van der Waals surface area contributed by atoms with E-state index < -0.39 is 0 Å². The van der Waals surface area contributed by atoms with E-state index in [1.54, 1.807) is 0 Å². The van der Waals surface area contributed by atoms with Gasteiger partial charge in [0.05, 0.1) is 0 Å². The lowest BCUT2D eigenvalue weighted by molar-refractivity contribution is 0.531. The molecule has 19 heavy (non-hydrogen) atoms. The van der Waals surface area contributed by atoms with Gasteiger partial charge in [0.1, 0.15) is 0 Å². The van der Waals surface area contributed by atoms with E-state index in [1.807, 2.05) is 0 Å². The molecule has 0 amide bonds. The van der Waals surface area contributed by atoms with Gasteiger partial charge in [0.25, 0.3) is 0 Å². The maximum Gasteiger partial charge on any atom is 0.0223 e. The first kappa shape index (κ1) is 19.3. The van der Waals surface area contributed by atoms with Crippen LogP contribution in [0.15, 0.2) is 0 Å². The number of halogens is 1. The Morgan fingerprint density at radius 3 is 1.16 bits per heavy atom. The molecule has 0 aromatic heterocycles. The summed E-state index contributed by atoms with van der Waals surface area (Å²) in [6.45, 7) is 2.29. The first-order valence-corrected chi connectivity index (χ1v) is 9.51. The van der Waals surface area contributed by atoms with Crippen LogP contribution in [0.3, 0.4) is 0 Å². The van der Waals surface area contributed by atoms with Crippen molar-refractivity contribution in [3.63, 3.8) is 0 Å². The zero-order valence-corrected chi connectivity index (χ0v) is 14.2. The van der Waals surface area contributed by atoms with E-state index in [0.717, 1.165) is 5.88 Å². The van der Waals surface area contributed by atoms with Gasteiger partial charge in [-0.05, 0) is 6.42 Å². The van der Waals surface area contributed by atoms with Gasteiger partial charge in [-0.2, -0.15) is 0 Å². The van der Waals surface area contributed by atoms with Crippen LogP contribution in [0.1, 0.15) is 110 Å². The molecule has 0 rings (SSSR count). The second kappa shape index (κ2) is 18.3. The molecule has 0 nitrogen and oxygen atoms in total. The average Bonchev–Trinajstić information content (AvgIpc) is 2.43. The zero-order chi connectivity index (χ0) is 14.0. The molecule has 0 saturated carbocycles. The van der Waals surface area contributed by atoms with Crippen LogP contribution in [0.2, 0.25) is 0 Å². The van der Waals surface area contributed by atoms with Crippen LogP contribution in [0.25, 0.3) is 0 Å². The molecule has 0 atom stereocenters. The molecule has 0 spiro atoms. The molecular formula is C18H37Cl. The van der Waals surface area contributed by atoms with Crippen LogP contribution in [0.4, 0.5) is 0 Å². The molecule has 0 aromatic carbocycles. The zero-order valence-electron chi connectivity index (χ0n) is 13.4. The summed E-state index contributed by atoms with van der Waals surface area (Å²) in [5, 5.41) is 0. The fourth-order valence-electron chi connectivity index (χ4n) is 2.64. The van der Waals surface area contributed by atoms with Crippen LogP contribution < -0.4 is 0 Å². The van der Waals surface area contributed by atoms with E-state index in [2.05, 4.69) is 6.92 Å². The van der Waals surface area contributed by atoms with Crippen molar-refractivity contribution in [1.29, 1.82) is 0 Å². The van der Waals surface area contributed by atoms with E-state index in [-0.39, 0.29) is 0 Å². The van der Waals surface area contributed by atoms with Gasteiger partial charge in [0.15, 0.2) is 0 Å². The number of unbranched alkanes of at least 4 members (excludes halogenated alkanes) is 15. The summed E-state index contributed by atoms with van der Waals surface area (Å²) in [4.78, 5) is 0. The third-order valence-electron chi connectivity index (χ3n) is 3.99. The Morgan fingerprint density at radius 1 is 0.526 bits per heavy atom. The fraction of sp³-hybridized carbons (Fsp3) is 1.00. The Bertz CT molecular complexity index is 129. The van der Waals surface area contributed by atoms with Crippen molar-refractivity contribution in [3.05, 3.63) is 0 Å². The highest BCUT2D eigenvalue weighted by atomic mass is 35.5. The Kier molecular flexibility index (Phi) is 18.6. The highest BCUT2D eigenvalue weighted by molar-refractivity contribution is 6.17. The monoisotopic (exact) mass is 290 g/mol. The predicted octanol–water partition coefficient (Wildman–Crippen LogP) is 7.49. The summed E-state index contributed by atoms with van der Waals surface area (Å²) >= 11 is 5.66. The number of alkyl halides is 1. The van der Waals surface area contributed by atoms with Crippen LogP contribution in [0.5, 0.6) is 0 Å². The van der Waals surface area contributed by atoms with Crippen molar-refractivity contribution < 1.29 is 0 Å². The molecule has 1 heteroatoms. The van der Waals surface area contributed by atoms with E-state index in [9.17, 15) is 0 Å². The standard InChI is InChI=1S/C18H37Cl/c1-2-3-4-5-6-7-8-9-10-11-12-13-14-15-16-17-18-19/h2-18H2,1H3/i18+2. The first-order chi connectivity index (χ1) is 9.41. The summed E-state index contributed by atoms with van der Waals surface area (Å²) in [5.74, 6) is 0.846. The van der Waals surface area contributed by atoms with Gasteiger partial charge >= 0.3 is 0 Å². The van der Waals surface area contributed by atoms with Gasteiger partial charge in [0.2, 0.25) is 0 Å². The van der Waals surface area contributed by atoms with Gasteiger partial charge < -0.3 is 0 Å². The molecule has 0 aliphatic rings. The van der Waals surface area contributed by atoms with Crippen LogP contribution >= 0.6 is 11.6 Å². The molecule has 0 N–H and O–H groups in total. The minimum absolute atomic E-state index is 0.846. The lowest BCUT2D eigenvalue weighted by Crippen LogP contribution is -1.83. The van der Waals surface area contributed by atoms with Crippen molar-refractivity contribution in [3.8, 4) is 0 Å². The van der Waals surface area contributed by atoms with Gasteiger partial charge in [-0.3, -0.25) is 0 Å². The third kappa shape index (κ3) is 18.3. The lowest BCUT2D eigenvalue weighted by atomic mass is 10.0. The van der Waals surface area contributed by atoms with E-state index >= 15 is 0 Å². The summed E-state index contributed by atoms with van der Waals surface area (Å²) < 4.78 is 0. The van der Waals surface area contributed by atoms with Gasteiger partial charge in [0, 0.05) is 5.88 Å². The van der Waals surface area contributed by atoms with Crippen LogP contribution in [-0.2, 0) is 0 Å². The quantitative estimate of drug-likeness (QED) is 0.204. The average molecular weight is 291 g/mol. The normalized spacial score (nSPS) is 11.1. The SMILES string of the molecule is CCCCCCCCCCCCCCCCC[14CH2]Cl. The summed E-state index contributed by atoms with van der Waals surface area (Å²) in [5.41, 5.74) is 0. The largest absolute Gasteiger partial charge is 0.127 e. The topological polar surface area (TPSA) is 0 Å². The van der Waals surface area contributed by atoms with E-state index in [0.29, 0.717) is 0 Å². The predicted molar refractivity (Wildman–Crippen MR) is 90.3 cm³/mol. The van der Waals surface area contributed by atoms with E-state index in [4.69, 9.17) is 11.6 Å². The van der Waals surface area contributed by atoms with Crippen molar-refractivity contribution in [2.24, 2.45) is 0 Å². The van der Waals surface area contributed by atoms with Gasteiger partial charge in [-0.15, -0.1) is 11.6 Å². The molecular weight excluding hydrogens is 254 g/mol. The highest BCUT2D eigenvalue weighted by Gasteiger charge is 1.94. The molecule has 0 saturated heterocycles. The number of rotatable bonds is 16. The molecule has 0 radical (unpaired) electrons. The molecule has 0 aromatic rings. The molecule has 0 aliphatic heterocycles. The number of hydrogen-bond acceptors (Lipinski definition) is 0. The Labute approximate surface area is 127 Å². The fourth-order valence-corrected chi connectivity index (χ4v) is 2.83. The Morgan fingerprint density at radius 2 is 0.842 bits per heavy atom. The summed E-state index contributed by atoms with van der Waals surface area (Å²) in [6.07, 6.45) is 22.8. The third-order valence-corrected chi connectivity index (χ3v) is 4.25. The first-order valence-electron chi connectivity index (χ1n) is 8.97. The Hall–Kier alpha value is 0.290. The second-order valence-corrected chi connectivity index (χ2v) is 6.37. The second-order valence-electron chi connectivity index (χ2n) is 5.99. The van der Waals surface area contributed by atoms with Crippen LogP contribution in [0, 0.1) is 0 Å². The highest BCUT2D eigenvalue weighted by Crippen LogP contribution is 2.13. The van der Waals surface area contributed by atoms with Gasteiger partial charge in [-0.25, -0.2) is 0 Å². The minimum Gasteiger partial charge on any atom is -0.127 e. The molecule has 0 aliphatic carbocycles. The van der Waals surface area contributed by atoms with Crippen molar-refractivity contribution in [2.45, 2.75) is 110 Å². The molecule has 116 valence electrons. The molecule has 0 unspecified atom stereocenters. The minimum atomic E-state index is 0.846. The Balaban J connectivity index is 2.88. The lowest BCUT2D eigenvalue weighted by Gasteiger charge is -2.03. The molecule has 0 heterocycles. The van der Waals surface area contributed by atoms with Gasteiger partial charge in [-0.1, -0.05) is 103 Å². The van der Waals surface area contributed by atoms with Crippen molar-refractivity contribution >= 4 is 11.6 Å². The molecule has 0 bridgehead atoms. The summed E-state index contributed by atoms with van der Waals surface area (Å²) in [6, 6.07) is 0. The smallest absolute Gasteiger partial charge is 0.0223 e. The van der Waals surface area contributed by atoms with Crippen molar-refractivity contribution in [1.82, 2.24) is 0 Å². The number of hydrogen-bond donors (Lipinski definition) is 0. The molecule has 0 fully saturated rings. The maximum atomic E-state index is 5.66. The van der Waals surface area contributed by atoms with Crippen molar-refractivity contribution in [2.75, 3.05) is 5.88 Å².